The van der Waals surface area contributed by atoms with Gasteiger partial charge in [-0.3, -0.25) is 0 Å². The molecule has 1 heteroatoms. The van der Waals surface area contributed by atoms with Gasteiger partial charge in [0.15, 0.2) is 0 Å². The fourth-order valence-corrected chi connectivity index (χ4v) is 2.87. The molecule has 116 valence electrons. The minimum Gasteiger partial charge on any atom is -0.362 e. The standard InChI is InChI=1S/C19H35N/c1-4-7-10-13-17-16-18(14-11-8-5-2)20-19(17)15-12-9-6-3/h16,20H,4-15H2,1-3H3. The van der Waals surface area contributed by atoms with Crippen LogP contribution in [-0.4, -0.2) is 4.98 Å². The van der Waals surface area contributed by atoms with E-state index in [4.69, 9.17) is 0 Å². The Morgan fingerprint density at radius 1 is 0.700 bits per heavy atom. The Kier molecular flexibility index (Phi) is 9.53. The van der Waals surface area contributed by atoms with Crippen LogP contribution in [0.3, 0.4) is 0 Å². The molecule has 0 fully saturated rings. The molecule has 0 aliphatic carbocycles. The van der Waals surface area contributed by atoms with Crippen molar-refractivity contribution < 1.29 is 0 Å². The van der Waals surface area contributed by atoms with Crippen LogP contribution in [0, 0.1) is 0 Å². The fraction of sp³-hybridized carbons (Fsp3) is 0.789. The molecule has 0 aromatic carbocycles. The highest BCUT2D eigenvalue weighted by atomic mass is 14.7. The van der Waals surface area contributed by atoms with Crippen molar-refractivity contribution >= 4 is 0 Å². The van der Waals surface area contributed by atoms with Crippen molar-refractivity contribution in [3.05, 3.63) is 23.0 Å². The monoisotopic (exact) mass is 277 g/mol. The van der Waals surface area contributed by atoms with Gasteiger partial charge in [-0.15, -0.1) is 0 Å². The van der Waals surface area contributed by atoms with Crippen LogP contribution >= 0.6 is 0 Å². The maximum atomic E-state index is 3.73. The third-order valence-corrected chi connectivity index (χ3v) is 4.18. The van der Waals surface area contributed by atoms with Gasteiger partial charge < -0.3 is 4.98 Å². The van der Waals surface area contributed by atoms with E-state index in [2.05, 4.69) is 31.8 Å². The molecule has 0 unspecified atom stereocenters. The lowest BCUT2D eigenvalue weighted by Crippen LogP contribution is -1.93. The first-order valence-corrected chi connectivity index (χ1v) is 9.01. The minimum atomic E-state index is 1.24. The molecule has 20 heavy (non-hydrogen) atoms. The summed E-state index contributed by atoms with van der Waals surface area (Å²) in [6.07, 6.45) is 15.8. The number of aryl methyl sites for hydroxylation is 3. The van der Waals surface area contributed by atoms with E-state index in [1.54, 1.807) is 11.3 Å². The van der Waals surface area contributed by atoms with Gasteiger partial charge >= 0.3 is 0 Å². The molecule has 0 saturated heterocycles. The number of H-pyrrole nitrogens is 1. The van der Waals surface area contributed by atoms with E-state index in [0.717, 1.165) is 0 Å². The molecule has 1 heterocycles. The second kappa shape index (κ2) is 11.0. The molecular weight excluding hydrogens is 242 g/mol. The summed E-state index contributed by atoms with van der Waals surface area (Å²) >= 11 is 0. The Balaban J connectivity index is 2.55. The van der Waals surface area contributed by atoms with E-state index in [1.807, 2.05) is 0 Å². The van der Waals surface area contributed by atoms with Gasteiger partial charge in [-0.05, 0) is 50.2 Å². The van der Waals surface area contributed by atoms with Gasteiger partial charge in [0.05, 0.1) is 0 Å². The Morgan fingerprint density at radius 2 is 1.25 bits per heavy atom. The normalized spacial score (nSPS) is 11.2. The smallest absolute Gasteiger partial charge is 0.0181 e. The third kappa shape index (κ3) is 6.63. The molecule has 0 aliphatic rings. The van der Waals surface area contributed by atoms with Crippen LogP contribution in [0.15, 0.2) is 6.07 Å². The summed E-state index contributed by atoms with van der Waals surface area (Å²) in [5.41, 5.74) is 4.64. The first kappa shape index (κ1) is 17.3. The number of nitrogens with one attached hydrogen (secondary N) is 1. The van der Waals surface area contributed by atoms with Gasteiger partial charge in [0.2, 0.25) is 0 Å². The van der Waals surface area contributed by atoms with Gasteiger partial charge in [0.25, 0.3) is 0 Å². The van der Waals surface area contributed by atoms with Crippen molar-refractivity contribution in [3.8, 4) is 0 Å². The van der Waals surface area contributed by atoms with Crippen LogP contribution in [0.4, 0.5) is 0 Å². The van der Waals surface area contributed by atoms with E-state index >= 15 is 0 Å². The Labute approximate surface area is 126 Å². The Hall–Kier alpha value is -0.720. The Morgan fingerprint density at radius 3 is 1.85 bits per heavy atom. The lowest BCUT2D eigenvalue weighted by atomic mass is 10.0. The average molecular weight is 277 g/mol. The highest BCUT2D eigenvalue weighted by molar-refractivity contribution is 5.26. The highest BCUT2D eigenvalue weighted by Crippen LogP contribution is 2.19. The topological polar surface area (TPSA) is 15.8 Å². The molecule has 0 aliphatic heterocycles. The van der Waals surface area contributed by atoms with E-state index in [9.17, 15) is 0 Å². The van der Waals surface area contributed by atoms with Crippen molar-refractivity contribution in [3.63, 3.8) is 0 Å². The molecule has 1 aromatic heterocycles. The summed E-state index contributed by atoms with van der Waals surface area (Å²) in [7, 11) is 0. The zero-order chi connectivity index (χ0) is 14.6. The number of rotatable bonds is 12. The molecule has 0 bridgehead atoms. The number of aromatic nitrogens is 1. The van der Waals surface area contributed by atoms with Crippen LogP contribution in [0.2, 0.25) is 0 Å². The van der Waals surface area contributed by atoms with E-state index < -0.39 is 0 Å². The molecular formula is C19H35N. The van der Waals surface area contributed by atoms with E-state index in [0.29, 0.717) is 0 Å². The van der Waals surface area contributed by atoms with Crippen molar-refractivity contribution in [2.24, 2.45) is 0 Å². The molecule has 0 radical (unpaired) electrons. The van der Waals surface area contributed by atoms with Gasteiger partial charge in [-0.1, -0.05) is 59.3 Å². The number of unbranched alkanes of at least 4 members (excludes halogenated alkanes) is 6. The second-order valence-electron chi connectivity index (χ2n) is 6.17. The summed E-state index contributed by atoms with van der Waals surface area (Å²) in [6.45, 7) is 6.85. The molecule has 0 amide bonds. The fourth-order valence-electron chi connectivity index (χ4n) is 2.87. The van der Waals surface area contributed by atoms with Gasteiger partial charge in [0.1, 0.15) is 0 Å². The van der Waals surface area contributed by atoms with Crippen LogP contribution < -0.4 is 0 Å². The summed E-state index contributed by atoms with van der Waals surface area (Å²) in [5, 5.41) is 0. The Bertz CT molecular complexity index is 310. The minimum absolute atomic E-state index is 1.24. The van der Waals surface area contributed by atoms with Gasteiger partial charge in [0, 0.05) is 11.4 Å². The molecule has 0 atom stereocenters. The van der Waals surface area contributed by atoms with Gasteiger partial charge in [-0.25, -0.2) is 0 Å². The molecule has 1 rings (SSSR count). The van der Waals surface area contributed by atoms with Crippen molar-refractivity contribution in [1.82, 2.24) is 4.98 Å². The van der Waals surface area contributed by atoms with Crippen LogP contribution in [0.25, 0.3) is 0 Å². The molecule has 1 N–H and O–H groups in total. The molecule has 0 saturated carbocycles. The summed E-state index contributed by atoms with van der Waals surface area (Å²) in [4.78, 5) is 3.73. The first-order chi connectivity index (χ1) is 9.81. The van der Waals surface area contributed by atoms with Crippen molar-refractivity contribution in [2.45, 2.75) is 97.8 Å². The predicted molar refractivity (Wildman–Crippen MR) is 90.5 cm³/mol. The maximum Gasteiger partial charge on any atom is 0.0181 e. The summed E-state index contributed by atoms with van der Waals surface area (Å²) < 4.78 is 0. The lowest BCUT2D eigenvalue weighted by molar-refractivity contribution is 0.685. The largest absolute Gasteiger partial charge is 0.362 e. The highest BCUT2D eigenvalue weighted by Gasteiger charge is 2.08. The molecule has 0 spiro atoms. The molecule has 1 aromatic rings. The average Bonchev–Trinajstić information content (AvgIpc) is 2.82. The maximum absolute atomic E-state index is 3.73. The van der Waals surface area contributed by atoms with Crippen LogP contribution in [-0.2, 0) is 19.3 Å². The SMILES string of the molecule is CCCCCc1cc(CCCCC)c(CCCCC)[nH]1. The van der Waals surface area contributed by atoms with Gasteiger partial charge in [-0.2, -0.15) is 0 Å². The number of hydrogen-bond acceptors (Lipinski definition) is 0. The van der Waals surface area contributed by atoms with E-state index in [1.165, 1.54) is 82.7 Å². The van der Waals surface area contributed by atoms with Crippen molar-refractivity contribution in [1.29, 1.82) is 0 Å². The third-order valence-electron chi connectivity index (χ3n) is 4.18. The summed E-state index contributed by atoms with van der Waals surface area (Å²) in [6, 6.07) is 2.46. The zero-order valence-corrected chi connectivity index (χ0v) is 14.1. The number of hydrogen-bond donors (Lipinski definition) is 1. The van der Waals surface area contributed by atoms with E-state index in [-0.39, 0.29) is 0 Å². The molecule has 1 nitrogen and oxygen atoms in total. The lowest BCUT2D eigenvalue weighted by Gasteiger charge is -2.03. The second-order valence-corrected chi connectivity index (χ2v) is 6.17. The van der Waals surface area contributed by atoms with Crippen LogP contribution in [0.5, 0.6) is 0 Å². The van der Waals surface area contributed by atoms with Crippen molar-refractivity contribution in [2.75, 3.05) is 0 Å². The quantitative estimate of drug-likeness (QED) is 0.437. The number of aromatic amines is 1. The first-order valence-electron chi connectivity index (χ1n) is 9.01. The summed E-state index contributed by atoms with van der Waals surface area (Å²) in [5.74, 6) is 0. The van der Waals surface area contributed by atoms with Crippen LogP contribution in [0.1, 0.15) is 95.5 Å². The zero-order valence-electron chi connectivity index (χ0n) is 14.1. The predicted octanol–water partition coefficient (Wildman–Crippen LogP) is 6.21.